The van der Waals surface area contributed by atoms with Crippen molar-refractivity contribution >= 4 is 38.6 Å². The van der Waals surface area contributed by atoms with Crippen molar-refractivity contribution in [3.8, 4) is 0 Å². The highest BCUT2D eigenvalue weighted by Crippen LogP contribution is 2.27. The third kappa shape index (κ3) is 3.55. The predicted molar refractivity (Wildman–Crippen MR) is 96.1 cm³/mol. The summed E-state index contributed by atoms with van der Waals surface area (Å²) >= 11 is 7.28. The molecule has 1 aliphatic heterocycles. The van der Waals surface area contributed by atoms with Crippen molar-refractivity contribution in [1.29, 1.82) is 0 Å². The molecule has 1 aromatic heterocycles. The maximum Gasteiger partial charge on any atom is 0.252 e. The molecule has 0 atom stereocenters. The maximum absolute atomic E-state index is 12.7. The fraction of sp³-hybridized carbons (Fsp3) is 0.375. The fourth-order valence-corrected chi connectivity index (χ4v) is 5.65. The molecule has 1 saturated heterocycles. The molecule has 7 heteroatoms. The minimum atomic E-state index is -3.36. The van der Waals surface area contributed by atoms with Crippen molar-refractivity contribution in [2.45, 2.75) is 17.6 Å². The van der Waals surface area contributed by atoms with Gasteiger partial charge in [0, 0.05) is 41.8 Å². The summed E-state index contributed by atoms with van der Waals surface area (Å²) < 4.78 is 27.5. The van der Waals surface area contributed by atoms with Crippen LogP contribution in [-0.2, 0) is 16.4 Å². The number of nitrogens with zero attached hydrogens (tertiary/aromatic N) is 2. The average Bonchev–Trinajstić information content (AvgIpc) is 3.06. The van der Waals surface area contributed by atoms with Crippen LogP contribution >= 0.6 is 22.9 Å². The van der Waals surface area contributed by atoms with Gasteiger partial charge in [0.05, 0.1) is 0 Å². The molecule has 4 nitrogen and oxygen atoms in total. The minimum Gasteiger partial charge on any atom is -0.369 e. The lowest BCUT2D eigenvalue weighted by molar-refractivity contribution is 0.386. The Labute approximate surface area is 146 Å². The van der Waals surface area contributed by atoms with E-state index >= 15 is 0 Å². The van der Waals surface area contributed by atoms with Gasteiger partial charge < -0.3 is 4.90 Å². The number of anilines is 1. The Hall–Kier alpha value is -1.08. The molecule has 1 fully saturated rings. The van der Waals surface area contributed by atoms with Crippen molar-refractivity contribution < 1.29 is 8.42 Å². The van der Waals surface area contributed by atoms with Crippen LogP contribution in [0.5, 0.6) is 0 Å². The van der Waals surface area contributed by atoms with Gasteiger partial charge in [0.2, 0.25) is 0 Å². The second-order valence-electron chi connectivity index (χ2n) is 5.44. The van der Waals surface area contributed by atoms with Crippen molar-refractivity contribution in [2.75, 3.05) is 31.1 Å². The molecule has 1 aromatic carbocycles. The van der Waals surface area contributed by atoms with Gasteiger partial charge in [-0.05, 0) is 42.8 Å². The topological polar surface area (TPSA) is 40.6 Å². The zero-order chi connectivity index (χ0) is 16.4. The van der Waals surface area contributed by atoms with Gasteiger partial charge in [-0.1, -0.05) is 18.5 Å². The lowest BCUT2D eigenvalue weighted by Gasteiger charge is -2.35. The third-order valence-corrected chi connectivity index (χ3v) is 7.86. The van der Waals surface area contributed by atoms with Crippen molar-refractivity contribution in [3.05, 3.63) is 46.3 Å². The van der Waals surface area contributed by atoms with E-state index in [9.17, 15) is 8.42 Å². The van der Waals surface area contributed by atoms with Gasteiger partial charge in [-0.3, -0.25) is 0 Å². The average molecular weight is 371 g/mol. The van der Waals surface area contributed by atoms with Gasteiger partial charge in [0.25, 0.3) is 10.0 Å². The van der Waals surface area contributed by atoms with Gasteiger partial charge in [-0.2, -0.15) is 4.31 Å². The highest BCUT2D eigenvalue weighted by atomic mass is 35.5. The quantitative estimate of drug-likeness (QED) is 0.827. The van der Waals surface area contributed by atoms with Gasteiger partial charge in [0.15, 0.2) is 0 Å². The van der Waals surface area contributed by atoms with Gasteiger partial charge in [0.1, 0.15) is 4.21 Å². The number of hydrogen-bond donors (Lipinski definition) is 0. The molecule has 0 bridgehead atoms. The molecule has 0 aliphatic carbocycles. The lowest BCUT2D eigenvalue weighted by Crippen LogP contribution is -2.48. The molecular weight excluding hydrogens is 352 g/mol. The zero-order valence-electron chi connectivity index (χ0n) is 12.9. The van der Waals surface area contributed by atoms with E-state index in [2.05, 4.69) is 4.90 Å². The summed E-state index contributed by atoms with van der Waals surface area (Å²) in [6.45, 7) is 4.42. The first-order valence-corrected chi connectivity index (χ1v) is 10.2. The summed E-state index contributed by atoms with van der Waals surface area (Å²) in [6.07, 6.45) is 0.866. The molecule has 0 radical (unpaired) electrons. The van der Waals surface area contributed by atoms with Crippen LogP contribution in [0.2, 0.25) is 5.02 Å². The van der Waals surface area contributed by atoms with Crippen LogP contribution in [-0.4, -0.2) is 38.9 Å². The summed E-state index contributed by atoms with van der Waals surface area (Å²) in [6, 6.07) is 11.3. The van der Waals surface area contributed by atoms with E-state index in [1.165, 1.54) is 11.3 Å². The van der Waals surface area contributed by atoms with Crippen molar-refractivity contribution in [2.24, 2.45) is 0 Å². The highest BCUT2D eigenvalue weighted by molar-refractivity contribution is 7.91. The molecule has 1 aliphatic rings. The van der Waals surface area contributed by atoms with Gasteiger partial charge >= 0.3 is 0 Å². The first-order valence-electron chi connectivity index (χ1n) is 7.60. The van der Waals surface area contributed by atoms with Crippen LogP contribution in [0.25, 0.3) is 0 Å². The van der Waals surface area contributed by atoms with Crippen LogP contribution < -0.4 is 4.90 Å². The number of piperazine rings is 1. The second kappa shape index (κ2) is 6.81. The normalized spacial score (nSPS) is 16.7. The van der Waals surface area contributed by atoms with E-state index in [1.54, 1.807) is 10.4 Å². The molecule has 3 rings (SSSR count). The molecular formula is C16H19ClN2O2S2. The smallest absolute Gasteiger partial charge is 0.252 e. The van der Waals surface area contributed by atoms with Crippen molar-refractivity contribution in [1.82, 2.24) is 4.31 Å². The van der Waals surface area contributed by atoms with E-state index in [4.69, 9.17) is 11.6 Å². The number of thiophene rings is 1. The first kappa shape index (κ1) is 16.8. The Bertz CT molecular complexity index is 764. The Morgan fingerprint density at radius 1 is 1.04 bits per heavy atom. The first-order chi connectivity index (χ1) is 11.0. The summed E-state index contributed by atoms with van der Waals surface area (Å²) in [5, 5.41) is 0.708. The number of benzene rings is 1. The standard InChI is InChI=1S/C16H19ClN2O2S2/c1-2-15-7-8-16(22-15)23(20,21)19-11-9-18(10-12-19)14-5-3-13(17)4-6-14/h3-8H,2,9-12H2,1H3. The predicted octanol–water partition coefficient (Wildman–Crippen LogP) is 3.47. The molecule has 0 amide bonds. The number of sulfonamides is 1. The van der Waals surface area contributed by atoms with E-state index in [0.717, 1.165) is 17.0 Å². The largest absolute Gasteiger partial charge is 0.369 e. The molecule has 0 N–H and O–H groups in total. The molecule has 0 spiro atoms. The van der Waals surface area contributed by atoms with E-state index < -0.39 is 10.0 Å². The van der Waals surface area contributed by atoms with Crippen LogP contribution in [0.4, 0.5) is 5.69 Å². The van der Waals surface area contributed by atoms with Gasteiger partial charge in [-0.25, -0.2) is 8.42 Å². The number of halogens is 1. The number of rotatable bonds is 4. The fourth-order valence-electron chi connectivity index (χ4n) is 2.65. The highest BCUT2D eigenvalue weighted by Gasteiger charge is 2.29. The Morgan fingerprint density at radius 3 is 2.26 bits per heavy atom. The summed E-state index contributed by atoms with van der Waals surface area (Å²) in [4.78, 5) is 3.29. The molecule has 2 heterocycles. The van der Waals surface area contributed by atoms with E-state index in [0.29, 0.717) is 35.4 Å². The van der Waals surface area contributed by atoms with E-state index in [-0.39, 0.29) is 0 Å². The SMILES string of the molecule is CCc1ccc(S(=O)(=O)N2CCN(c3ccc(Cl)cc3)CC2)s1. The summed E-state index contributed by atoms with van der Waals surface area (Å²) in [5.74, 6) is 0. The summed E-state index contributed by atoms with van der Waals surface area (Å²) in [7, 11) is -3.36. The third-order valence-electron chi connectivity index (χ3n) is 4.01. The lowest BCUT2D eigenvalue weighted by atomic mass is 10.2. The maximum atomic E-state index is 12.7. The summed E-state index contributed by atoms with van der Waals surface area (Å²) in [5.41, 5.74) is 1.08. The molecule has 23 heavy (non-hydrogen) atoms. The zero-order valence-corrected chi connectivity index (χ0v) is 15.3. The van der Waals surface area contributed by atoms with Crippen molar-refractivity contribution in [3.63, 3.8) is 0 Å². The second-order valence-corrected chi connectivity index (χ2v) is 9.21. The van der Waals surface area contributed by atoms with Crippen LogP contribution in [0.1, 0.15) is 11.8 Å². The molecule has 0 unspecified atom stereocenters. The van der Waals surface area contributed by atoms with Crippen LogP contribution in [0.15, 0.2) is 40.6 Å². The monoisotopic (exact) mass is 370 g/mol. The Morgan fingerprint density at radius 2 is 1.70 bits per heavy atom. The van der Waals surface area contributed by atoms with Crippen LogP contribution in [0, 0.1) is 0 Å². The Balaban J connectivity index is 1.69. The Kier molecular flexibility index (Phi) is 4.96. The van der Waals surface area contributed by atoms with Crippen LogP contribution in [0.3, 0.4) is 0 Å². The molecule has 2 aromatic rings. The van der Waals surface area contributed by atoms with E-state index in [1.807, 2.05) is 37.3 Å². The minimum absolute atomic E-state index is 0.453. The molecule has 0 saturated carbocycles. The number of aryl methyl sites for hydroxylation is 1. The number of hydrogen-bond acceptors (Lipinski definition) is 4. The molecule has 124 valence electrons. The van der Waals surface area contributed by atoms with Gasteiger partial charge in [-0.15, -0.1) is 11.3 Å².